The fraction of sp³-hybridized carbons (Fsp3) is 0.263. The topological polar surface area (TPSA) is 65.5 Å². The molecule has 0 aliphatic carbocycles. The fourth-order valence-corrected chi connectivity index (χ4v) is 2.81. The molecule has 0 fully saturated rings. The van der Waals surface area contributed by atoms with Crippen LogP contribution >= 0.6 is 23.2 Å². The van der Waals surface area contributed by atoms with Crippen molar-refractivity contribution in [3.05, 3.63) is 69.2 Å². The third kappa shape index (κ3) is 5.93. The number of aliphatic imine (C=N–C) groups is 1. The highest BCUT2D eigenvalue weighted by Crippen LogP contribution is 2.20. The highest BCUT2D eigenvalue weighted by atomic mass is 35.5. The molecule has 0 bridgehead atoms. The van der Waals surface area contributed by atoms with Crippen molar-refractivity contribution in [1.29, 1.82) is 0 Å². The third-order valence-electron chi connectivity index (χ3n) is 3.67. The van der Waals surface area contributed by atoms with Crippen LogP contribution < -0.4 is 16.0 Å². The number of hydrogen-bond donors (Lipinski definition) is 3. The summed E-state index contributed by atoms with van der Waals surface area (Å²) in [5.74, 6) is 0.564. The minimum atomic E-state index is -0.0748. The van der Waals surface area contributed by atoms with Crippen LogP contribution in [0.15, 0.2) is 47.5 Å². The molecule has 0 unspecified atom stereocenters. The van der Waals surface area contributed by atoms with Crippen LogP contribution in [0.2, 0.25) is 10.0 Å². The molecule has 2 aromatic carbocycles. The van der Waals surface area contributed by atoms with Crippen LogP contribution in [-0.2, 0) is 13.1 Å². The smallest absolute Gasteiger partial charge is 0.251 e. The molecule has 26 heavy (non-hydrogen) atoms. The van der Waals surface area contributed by atoms with Gasteiger partial charge in [0.15, 0.2) is 5.96 Å². The van der Waals surface area contributed by atoms with Crippen LogP contribution in [0.25, 0.3) is 0 Å². The normalized spacial score (nSPS) is 11.2. The first-order valence-corrected chi connectivity index (χ1v) is 9.04. The van der Waals surface area contributed by atoms with E-state index in [1.165, 1.54) is 0 Å². The largest absolute Gasteiger partial charge is 0.352 e. The summed E-state index contributed by atoms with van der Waals surface area (Å²) < 4.78 is 0. The Hall–Kier alpha value is -2.24. The third-order valence-corrected chi connectivity index (χ3v) is 4.26. The number of carbonyl (C=O) groups excluding carboxylic acids is 1. The number of amides is 1. The van der Waals surface area contributed by atoms with Crippen LogP contribution in [0, 0.1) is 0 Å². The van der Waals surface area contributed by atoms with Crippen molar-refractivity contribution in [3.63, 3.8) is 0 Å². The molecule has 0 aliphatic heterocycles. The lowest BCUT2D eigenvalue weighted by atomic mass is 10.1. The second-order valence-electron chi connectivity index (χ2n) is 5.57. The summed E-state index contributed by atoms with van der Waals surface area (Å²) in [5.41, 5.74) is 2.56. The quantitative estimate of drug-likeness (QED) is 0.519. The number of carbonyl (C=O) groups is 1. The summed E-state index contributed by atoms with van der Waals surface area (Å²) in [7, 11) is 1.70. The maximum absolute atomic E-state index is 11.9. The van der Waals surface area contributed by atoms with Crippen LogP contribution in [-0.4, -0.2) is 25.5 Å². The minimum Gasteiger partial charge on any atom is -0.352 e. The van der Waals surface area contributed by atoms with Gasteiger partial charge < -0.3 is 16.0 Å². The molecule has 2 rings (SSSR count). The van der Waals surface area contributed by atoms with Gasteiger partial charge >= 0.3 is 0 Å². The molecule has 0 heterocycles. The number of guanidine groups is 1. The van der Waals surface area contributed by atoms with E-state index >= 15 is 0 Å². The molecule has 7 heteroatoms. The number of rotatable bonds is 6. The van der Waals surface area contributed by atoms with Gasteiger partial charge in [0.25, 0.3) is 5.91 Å². The van der Waals surface area contributed by atoms with Gasteiger partial charge in [0.05, 0.1) is 0 Å². The second-order valence-corrected chi connectivity index (χ2v) is 6.42. The molecular weight excluding hydrogens is 371 g/mol. The molecule has 0 atom stereocenters. The fourth-order valence-electron chi connectivity index (χ4n) is 2.34. The molecule has 1 amide bonds. The predicted molar refractivity (Wildman–Crippen MR) is 108 cm³/mol. The molecule has 2 aromatic rings. The SMILES string of the molecule is CCNC(=O)c1cccc(CNC(=NC)NCc2ccc(Cl)cc2Cl)c1. The zero-order valence-electron chi connectivity index (χ0n) is 14.8. The van der Waals surface area contributed by atoms with Gasteiger partial charge in [-0.05, 0) is 42.3 Å². The van der Waals surface area contributed by atoms with Gasteiger partial charge in [0.1, 0.15) is 0 Å². The van der Waals surface area contributed by atoms with Gasteiger partial charge in [-0.25, -0.2) is 0 Å². The summed E-state index contributed by atoms with van der Waals surface area (Å²) in [6, 6.07) is 12.9. The molecule has 0 aromatic heterocycles. The number of nitrogens with zero attached hydrogens (tertiary/aromatic N) is 1. The van der Waals surface area contributed by atoms with E-state index in [9.17, 15) is 4.79 Å². The molecule has 0 spiro atoms. The minimum absolute atomic E-state index is 0.0748. The summed E-state index contributed by atoms with van der Waals surface area (Å²) in [6.45, 7) is 3.56. The molecule has 0 radical (unpaired) electrons. The highest BCUT2D eigenvalue weighted by Gasteiger charge is 2.06. The molecular formula is C19H22Cl2N4O. The number of hydrogen-bond acceptors (Lipinski definition) is 2. The Balaban J connectivity index is 1.92. The van der Waals surface area contributed by atoms with Gasteiger partial charge in [-0.3, -0.25) is 9.79 Å². The van der Waals surface area contributed by atoms with Gasteiger partial charge in [-0.2, -0.15) is 0 Å². The maximum atomic E-state index is 11.9. The Bertz CT molecular complexity index is 793. The van der Waals surface area contributed by atoms with Crippen molar-refractivity contribution < 1.29 is 4.79 Å². The van der Waals surface area contributed by atoms with Gasteiger partial charge in [-0.1, -0.05) is 41.4 Å². The number of nitrogens with one attached hydrogen (secondary N) is 3. The van der Waals surface area contributed by atoms with Crippen molar-refractivity contribution in [2.75, 3.05) is 13.6 Å². The van der Waals surface area contributed by atoms with Crippen molar-refractivity contribution >= 4 is 35.1 Å². The second kappa shape index (κ2) is 10.0. The zero-order valence-corrected chi connectivity index (χ0v) is 16.3. The van der Waals surface area contributed by atoms with Crippen molar-refractivity contribution in [2.45, 2.75) is 20.0 Å². The van der Waals surface area contributed by atoms with Gasteiger partial charge in [0.2, 0.25) is 0 Å². The van der Waals surface area contributed by atoms with E-state index in [1.54, 1.807) is 25.2 Å². The molecule has 0 saturated heterocycles. The van der Waals surface area contributed by atoms with Crippen LogP contribution in [0.4, 0.5) is 0 Å². The van der Waals surface area contributed by atoms with Crippen LogP contribution in [0.3, 0.4) is 0 Å². The first-order valence-electron chi connectivity index (χ1n) is 8.29. The summed E-state index contributed by atoms with van der Waals surface area (Å²) in [4.78, 5) is 16.1. The van der Waals surface area contributed by atoms with E-state index in [0.717, 1.165) is 11.1 Å². The lowest BCUT2D eigenvalue weighted by molar-refractivity contribution is 0.0955. The van der Waals surface area contributed by atoms with Crippen molar-refractivity contribution in [1.82, 2.24) is 16.0 Å². The van der Waals surface area contributed by atoms with Crippen LogP contribution in [0.5, 0.6) is 0 Å². The Morgan fingerprint density at radius 2 is 1.81 bits per heavy atom. The lowest BCUT2D eigenvalue weighted by Crippen LogP contribution is -2.36. The van der Waals surface area contributed by atoms with E-state index in [2.05, 4.69) is 20.9 Å². The van der Waals surface area contributed by atoms with Crippen molar-refractivity contribution in [3.8, 4) is 0 Å². The van der Waals surface area contributed by atoms with E-state index in [1.807, 2.05) is 31.2 Å². The van der Waals surface area contributed by atoms with E-state index in [0.29, 0.717) is 41.2 Å². The Labute approximate surface area is 163 Å². The van der Waals surface area contributed by atoms with Crippen LogP contribution in [0.1, 0.15) is 28.4 Å². The number of halogens is 2. The summed E-state index contributed by atoms with van der Waals surface area (Å²) in [6.07, 6.45) is 0. The molecule has 0 aliphatic rings. The maximum Gasteiger partial charge on any atom is 0.251 e. The Morgan fingerprint density at radius 1 is 1.04 bits per heavy atom. The first kappa shape index (κ1) is 20.1. The molecule has 3 N–H and O–H groups in total. The molecule has 0 saturated carbocycles. The Morgan fingerprint density at radius 3 is 2.50 bits per heavy atom. The van der Waals surface area contributed by atoms with E-state index in [-0.39, 0.29) is 5.91 Å². The average Bonchev–Trinajstić information content (AvgIpc) is 2.63. The predicted octanol–water partition coefficient (Wildman–Crippen LogP) is 3.61. The molecule has 138 valence electrons. The summed E-state index contributed by atoms with van der Waals surface area (Å²) in [5, 5.41) is 10.4. The average molecular weight is 393 g/mol. The first-order chi connectivity index (χ1) is 12.5. The van der Waals surface area contributed by atoms with Crippen molar-refractivity contribution in [2.24, 2.45) is 4.99 Å². The monoisotopic (exact) mass is 392 g/mol. The highest BCUT2D eigenvalue weighted by molar-refractivity contribution is 6.35. The zero-order chi connectivity index (χ0) is 18.9. The summed E-state index contributed by atoms with van der Waals surface area (Å²) >= 11 is 12.1. The van der Waals surface area contributed by atoms with Gasteiger partial charge in [0, 0.05) is 42.3 Å². The van der Waals surface area contributed by atoms with E-state index < -0.39 is 0 Å². The number of benzene rings is 2. The van der Waals surface area contributed by atoms with E-state index in [4.69, 9.17) is 23.2 Å². The van der Waals surface area contributed by atoms with Gasteiger partial charge in [-0.15, -0.1) is 0 Å². The standard InChI is InChI=1S/C19H22Cl2N4O/c1-3-23-18(26)14-6-4-5-13(9-14)11-24-19(22-2)25-12-15-7-8-16(20)10-17(15)21/h4-10H,3,11-12H2,1-2H3,(H,23,26)(H2,22,24,25). The molecule has 5 nitrogen and oxygen atoms in total. The lowest BCUT2D eigenvalue weighted by Gasteiger charge is -2.13. The Kier molecular flexibility index (Phi) is 7.75.